The van der Waals surface area contributed by atoms with Gasteiger partial charge in [0.25, 0.3) is 5.91 Å². The first-order valence-corrected chi connectivity index (χ1v) is 6.27. The van der Waals surface area contributed by atoms with E-state index in [9.17, 15) is 9.59 Å². The predicted molar refractivity (Wildman–Crippen MR) is 68.7 cm³/mol. The Morgan fingerprint density at radius 2 is 2.16 bits per heavy atom. The lowest BCUT2D eigenvalue weighted by atomic mass is 10.1. The summed E-state index contributed by atoms with van der Waals surface area (Å²) in [5.74, 6) is -0.682. The van der Waals surface area contributed by atoms with E-state index in [0.717, 1.165) is 13.0 Å². The first kappa shape index (κ1) is 15.1. The molecule has 106 valence electrons. The SMILES string of the molecule is CC(C)CCn1cc(C(=O)N(C)CCC(=O)O)nn1. The highest BCUT2D eigenvalue weighted by molar-refractivity contribution is 5.91. The highest BCUT2D eigenvalue weighted by Gasteiger charge is 2.16. The summed E-state index contributed by atoms with van der Waals surface area (Å²) in [6.07, 6.45) is 2.48. The van der Waals surface area contributed by atoms with E-state index in [0.29, 0.717) is 5.92 Å². The van der Waals surface area contributed by atoms with Crippen molar-refractivity contribution in [3.8, 4) is 0 Å². The van der Waals surface area contributed by atoms with Gasteiger partial charge in [0.1, 0.15) is 0 Å². The van der Waals surface area contributed by atoms with Crippen molar-refractivity contribution in [1.82, 2.24) is 19.9 Å². The van der Waals surface area contributed by atoms with E-state index in [1.165, 1.54) is 4.90 Å². The molecule has 0 saturated carbocycles. The Morgan fingerprint density at radius 3 is 2.74 bits per heavy atom. The molecule has 1 rings (SSSR count). The van der Waals surface area contributed by atoms with Gasteiger partial charge in [0.15, 0.2) is 5.69 Å². The van der Waals surface area contributed by atoms with Crippen LogP contribution in [0.5, 0.6) is 0 Å². The zero-order valence-corrected chi connectivity index (χ0v) is 11.5. The van der Waals surface area contributed by atoms with Crippen LogP contribution in [0.4, 0.5) is 0 Å². The fourth-order valence-electron chi connectivity index (χ4n) is 1.46. The van der Waals surface area contributed by atoms with Crippen LogP contribution in [0, 0.1) is 5.92 Å². The molecule has 7 nitrogen and oxygen atoms in total. The summed E-state index contributed by atoms with van der Waals surface area (Å²) in [5, 5.41) is 16.3. The van der Waals surface area contributed by atoms with Crippen molar-refractivity contribution in [3.63, 3.8) is 0 Å². The fourth-order valence-corrected chi connectivity index (χ4v) is 1.46. The third-order valence-corrected chi connectivity index (χ3v) is 2.70. The topological polar surface area (TPSA) is 88.3 Å². The second kappa shape index (κ2) is 6.86. The molecule has 0 unspecified atom stereocenters. The lowest BCUT2D eigenvalue weighted by molar-refractivity contribution is -0.137. The van der Waals surface area contributed by atoms with Crippen molar-refractivity contribution in [1.29, 1.82) is 0 Å². The van der Waals surface area contributed by atoms with Crippen molar-refractivity contribution in [2.24, 2.45) is 5.92 Å². The summed E-state index contributed by atoms with van der Waals surface area (Å²) in [6.45, 7) is 5.11. The van der Waals surface area contributed by atoms with E-state index >= 15 is 0 Å². The second-order valence-electron chi connectivity index (χ2n) is 4.92. The molecule has 0 aliphatic carbocycles. The van der Waals surface area contributed by atoms with E-state index in [1.807, 2.05) is 0 Å². The molecule has 1 N–H and O–H groups in total. The summed E-state index contributed by atoms with van der Waals surface area (Å²) >= 11 is 0. The van der Waals surface area contributed by atoms with Crippen molar-refractivity contribution in [3.05, 3.63) is 11.9 Å². The van der Waals surface area contributed by atoms with Gasteiger partial charge in [-0.25, -0.2) is 0 Å². The van der Waals surface area contributed by atoms with Gasteiger partial charge in [0, 0.05) is 20.1 Å². The Kier molecular flexibility index (Phi) is 5.47. The van der Waals surface area contributed by atoms with Crippen molar-refractivity contribution in [2.75, 3.05) is 13.6 Å². The molecular weight excluding hydrogens is 248 g/mol. The highest BCUT2D eigenvalue weighted by Crippen LogP contribution is 2.04. The maximum Gasteiger partial charge on any atom is 0.305 e. The monoisotopic (exact) mass is 268 g/mol. The average Bonchev–Trinajstić information content (AvgIpc) is 2.81. The Hall–Kier alpha value is -1.92. The van der Waals surface area contributed by atoms with Crippen LogP contribution in [0.15, 0.2) is 6.20 Å². The van der Waals surface area contributed by atoms with Gasteiger partial charge in [-0.05, 0) is 12.3 Å². The standard InChI is InChI=1S/C12H20N4O3/c1-9(2)4-7-16-8-10(13-14-16)12(19)15(3)6-5-11(17)18/h8-9H,4-7H2,1-3H3,(H,17,18). The van der Waals surface area contributed by atoms with Crippen LogP contribution in [0.3, 0.4) is 0 Å². The van der Waals surface area contributed by atoms with Crippen LogP contribution in [0.25, 0.3) is 0 Å². The summed E-state index contributed by atoms with van der Waals surface area (Å²) in [6, 6.07) is 0. The van der Waals surface area contributed by atoms with Gasteiger partial charge in [-0.3, -0.25) is 14.3 Å². The van der Waals surface area contributed by atoms with E-state index in [4.69, 9.17) is 5.11 Å². The maximum atomic E-state index is 11.9. The molecule has 0 radical (unpaired) electrons. The zero-order chi connectivity index (χ0) is 14.4. The van der Waals surface area contributed by atoms with Gasteiger partial charge in [-0.2, -0.15) is 0 Å². The molecule has 0 spiro atoms. The average molecular weight is 268 g/mol. The van der Waals surface area contributed by atoms with Gasteiger partial charge in [-0.1, -0.05) is 19.1 Å². The minimum atomic E-state index is -0.930. The number of amides is 1. The number of aliphatic carboxylic acids is 1. The number of hydrogen-bond donors (Lipinski definition) is 1. The second-order valence-corrected chi connectivity index (χ2v) is 4.92. The Balaban J connectivity index is 2.55. The molecule has 1 amide bonds. The van der Waals surface area contributed by atoms with Crippen molar-refractivity contribution >= 4 is 11.9 Å². The van der Waals surface area contributed by atoms with Crippen molar-refractivity contribution in [2.45, 2.75) is 33.2 Å². The fraction of sp³-hybridized carbons (Fsp3) is 0.667. The van der Waals surface area contributed by atoms with Crippen LogP contribution in [0.2, 0.25) is 0 Å². The summed E-state index contributed by atoms with van der Waals surface area (Å²) in [4.78, 5) is 23.7. The predicted octanol–water partition coefficient (Wildman–Crippen LogP) is 0.871. The van der Waals surface area contributed by atoms with Crippen LogP contribution < -0.4 is 0 Å². The molecule has 19 heavy (non-hydrogen) atoms. The largest absolute Gasteiger partial charge is 0.481 e. The van der Waals surface area contributed by atoms with Crippen LogP contribution >= 0.6 is 0 Å². The molecule has 0 atom stereocenters. The Bertz CT molecular complexity index is 442. The number of hydrogen-bond acceptors (Lipinski definition) is 4. The molecule has 0 bridgehead atoms. The smallest absolute Gasteiger partial charge is 0.305 e. The Morgan fingerprint density at radius 1 is 1.47 bits per heavy atom. The maximum absolute atomic E-state index is 11.9. The van der Waals surface area contributed by atoms with Gasteiger partial charge in [0.2, 0.25) is 0 Å². The van der Waals surface area contributed by atoms with E-state index in [2.05, 4.69) is 24.2 Å². The molecule has 7 heteroatoms. The highest BCUT2D eigenvalue weighted by atomic mass is 16.4. The molecule has 0 saturated heterocycles. The lowest BCUT2D eigenvalue weighted by Gasteiger charge is -2.13. The summed E-state index contributed by atoms with van der Waals surface area (Å²) < 4.78 is 1.64. The zero-order valence-electron chi connectivity index (χ0n) is 11.5. The number of carbonyl (C=O) groups excluding carboxylic acids is 1. The minimum absolute atomic E-state index is 0.0796. The third-order valence-electron chi connectivity index (χ3n) is 2.70. The number of carboxylic acid groups (broad SMARTS) is 1. The number of carbonyl (C=O) groups is 2. The summed E-state index contributed by atoms with van der Waals surface area (Å²) in [5.41, 5.74) is 0.247. The molecule has 0 aliphatic heterocycles. The van der Waals surface area contributed by atoms with Crippen LogP contribution in [0.1, 0.15) is 37.2 Å². The van der Waals surface area contributed by atoms with E-state index in [-0.39, 0.29) is 24.6 Å². The molecular formula is C12H20N4O3. The molecule has 1 aromatic heterocycles. The normalized spacial score (nSPS) is 10.7. The van der Waals surface area contributed by atoms with E-state index in [1.54, 1.807) is 17.9 Å². The summed E-state index contributed by atoms with van der Waals surface area (Å²) in [7, 11) is 1.55. The van der Waals surface area contributed by atoms with E-state index < -0.39 is 5.97 Å². The first-order chi connectivity index (χ1) is 8.90. The molecule has 0 aromatic carbocycles. The van der Waals surface area contributed by atoms with Crippen molar-refractivity contribution < 1.29 is 14.7 Å². The number of aryl methyl sites for hydroxylation is 1. The van der Waals surface area contributed by atoms with Gasteiger partial charge in [-0.15, -0.1) is 5.10 Å². The Labute approximate surface area is 112 Å². The quantitative estimate of drug-likeness (QED) is 0.792. The van der Waals surface area contributed by atoms with Gasteiger partial charge >= 0.3 is 5.97 Å². The number of carboxylic acids is 1. The number of rotatable bonds is 7. The number of nitrogens with zero attached hydrogens (tertiary/aromatic N) is 4. The number of aromatic nitrogens is 3. The molecule has 1 aromatic rings. The van der Waals surface area contributed by atoms with Crippen LogP contribution in [-0.2, 0) is 11.3 Å². The molecule has 0 fully saturated rings. The molecule has 1 heterocycles. The van der Waals surface area contributed by atoms with Gasteiger partial charge < -0.3 is 10.0 Å². The first-order valence-electron chi connectivity index (χ1n) is 6.27. The van der Waals surface area contributed by atoms with Gasteiger partial charge in [0.05, 0.1) is 12.6 Å². The molecule has 0 aliphatic rings. The minimum Gasteiger partial charge on any atom is -0.481 e. The lowest BCUT2D eigenvalue weighted by Crippen LogP contribution is -2.29. The van der Waals surface area contributed by atoms with Crippen LogP contribution in [-0.4, -0.2) is 50.5 Å². The third kappa shape index (κ3) is 5.07.